The topological polar surface area (TPSA) is 25.8 Å². The van der Waals surface area contributed by atoms with E-state index in [1.165, 1.54) is 25.7 Å². The van der Waals surface area contributed by atoms with E-state index >= 15 is 0 Å². The number of rotatable bonds is 2. The quantitative estimate of drug-likeness (QED) is 0.708. The Kier molecular flexibility index (Phi) is 3.06. The monoisotopic (exact) mass is 214 g/mol. The largest absolute Gasteiger partial charge is 0.230 e. The summed E-state index contributed by atoms with van der Waals surface area (Å²) >= 11 is 7.47. The minimum Gasteiger partial charge on any atom is -0.230 e. The smallest absolute Gasteiger partial charge is 0.187 e. The molecule has 2 rings (SSSR count). The molecule has 0 bridgehead atoms. The molecule has 0 N–H and O–H groups in total. The van der Waals surface area contributed by atoms with Crippen LogP contribution >= 0.6 is 23.4 Å². The van der Waals surface area contributed by atoms with Crippen LogP contribution in [0.25, 0.3) is 0 Å². The molecule has 0 radical (unpaired) electrons. The van der Waals surface area contributed by atoms with Crippen LogP contribution < -0.4 is 0 Å². The molecule has 1 aromatic rings. The highest BCUT2D eigenvalue weighted by atomic mass is 35.5. The average Bonchev–Trinajstić information content (AvgIpc) is 2.62. The highest BCUT2D eigenvalue weighted by Crippen LogP contribution is 2.32. The van der Waals surface area contributed by atoms with E-state index in [-0.39, 0.29) is 0 Å². The second-order valence-electron chi connectivity index (χ2n) is 3.21. The van der Waals surface area contributed by atoms with Crippen molar-refractivity contribution in [1.82, 2.24) is 9.97 Å². The van der Waals surface area contributed by atoms with Crippen LogP contribution in [0.1, 0.15) is 25.7 Å². The fraction of sp³-hybridized carbons (Fsp3) is 0.556. The van der Waals surface area contributed by atoms with Crippen LogP contribution in [0.15, 0.2) is 17.6 Å². The molecule has 2 nitrogen and oxygen atoms in total. The fourth-order valence-electron chi connectivity index (χ4n) is 1.52. The molecule has 70 valence electrons. The summed E-state index contributed by atoms with van der Waals surface area (Å²) in [6.45, 7) is 0. The summed E-state index contributed by atoms with van der Waals surface area (Å²) in [5.41, 5.74) is 0. The number of aromatic nitrogens is 2. The van der Waals surface area contributed by atoms with Gasteiger partial charge in [0.15, 0.2) is 5.16 Å². The lowest BCUT2D eigenvalue weighted by Gasteiger charge is -2.05. The third-order valence-electron chi connectivity index (χ3n) is 2.17. The molecule has 1 aliphatic carbocycles. The van der Waals surface area contributed by atoms with Crippen molar-refractivity contribution in [2.75, 3.05) is 0 Å². The van der Waals surface area contributed by atoms with Crippen molar-refractivity contribution in [3.8, 4) is 0 Å². The molecular weight excluding hydrogens is 204 g/mol. The Labute approximate surface area is 87.1 Å². The van der Waals surface area contributed by atoms with Gasteiger partial charge in [0.1, 0.15) is 0 Å². The van der Waals surface area contributed by atoms with Crippen molar-refractivity contribution in [3.63, 3.8) is 0 Å². The second-order valence-corrected chi connectivity index (χ2v) is 4.91. The highest BCUT2D eigenvalue weighted by Gasteiger charge is 2.16. The van der Waals surface area contributed by atoms with Crippen molar-refractivity contribution in [3.05, 3.63) is 17.4 Å². The second kappa shape index (κ2) is 4.29. The lowest BCUT2D eigenvalue weighted by Crippen LogP contribution is -1.96. The number of halogens is 1. The highest BCUT2D eigenvalue weighted by molar-refractivity contribution is 7.99. The minimum absolute atomic E-state index is 0.607. The van der Waals surface area contributed by atoms with Gasteiger partial charge in [-0.15, -0.1) is 0 Å². The first-order chi connectivity index (χ1) is 6.34. The van der Waals surface area contributed by atoms with Crippen LogP contribution in [0.2, 0.25) is 5.02 Å². The van der Waals surface area contributed by atoms with Crippen molar-refractivity contribution in [2.24, 2.45) is 0 Å². The first-order valence-corrected chi connectivity index (χ1v) is 5.74. The Hall–Kier alpha value is -0.280. The van der Waals surface area contributed by atoms with Gasteiger partial charge in [-0.25, -0.2) is 9.97 Å². The van der Waals surface area contributed by atoms with E-state index in [0.717, 1.165) is 10.4 Å². The van der Waals surface area contributed by atoms with E-state index in [1.807, 2.05) is 0 Å². The molecule has 0 amide bonds. The zero-order valence-corrected chi connectivity index (χ0v) is 8.81. The van der Waals surface area contributed by atoms with Crippen LogP contribution in [0, 0.1) is 0 Å². The molecule has 13 heavy (non-hydrogen) atoms. The summed E-state index contributed by atoms with van der Waals surface area (Å²) in [6.07, 6.45) is 8.63. The van der Waals surface area contributed by atoms with Gasteiger partial charge < -0.3 is 0 Å². The predicted octanol–water partition coefficient (Wildman–Crippen LogP) is 3.16. The SMILES string of the molecule is Clc1cnc(SC2CCCC2)nc1. The van der Waals surface area contributed by atoms with E-state index in [9.17, 15) is 0 Å². The molecular formula is C9H11ClN2S. The van der Waals surface area contributed by atoms with E-state index in [4.69, 9.17) is 11.6 Å². The number of hydrogen-bond acceptors (Lipinski definition) is 3. The van der Waals surface area contributed by atoms with Crippen LogP contribution in [0.5, 0.6) is 0 Å². The summed E-state index contributed by atoms with van der Waals surface area (Å²) in [5.74, 6) is 0. The standard InChI is InChI=1S/C9H11ClN2S/c10-7-5-11-9(12-6-7)13-8-3-1-2-4-8/h5-6,8H,1-4H2. The van der Waals surface area contributed by atoms with Gasteiger partial charge in [-0.3, -0.25) is 0 Å². The third kappa shape index (κ3) is 2.58. The predicted molar refractivity (Wildman–Crippen MR) is 55.2 cm³/mol. The van der Waals surface area contributed by atoms with Gasteiger partial charge in [-0.1, -0.05) is 36.2 Å². The summed E-state index contributed by atoms with van der Waals surface area (Å²) < 4.78 is 0. The first kappa shape index (κ1) is 9.28. The third-order valence-corrected chi connectivity index (χ3v) is 3.59. The molecule has 1 aromatic heterocycles. The Morgan fingerprint density at radius 2 is 1.85 bits per heavy atom. The molecule has 0 atom stereocenters. The molecule has 0 spiro atoms. The molecule has 1 heterocycles. The molecule has 0 aliphatic heterocycles. The van der Waals surface area contributed by atoms with Crippen LogP contribution in [-0.2, 0) is 0 Å². The summed E-state index contributed by atoms with van der Waals surface area (Å²) in [7, 11) is 0. The van der Waals surface area contributed by atoms with Gasteiger partial charge in [0.05, 0.1) is 17.4 Å². The maximum atomic E-state index is 5.69. The Balaban J connectivity index is 1.97. The average molecular weight is 215 g/mol. The van der Waals surface area contributed by atoms with Crippen molar-refractivity contribution < 1.29 is 0 Å². The lowest BCUT2D eigenvalue weighted by molar-refractivity contribution is 0.884. The Morgan fingerprint density at radius 1 is 1.23 bits per heavy atom. The van der Waals surface area contributed by atoms with Crippen molar-refractivity contribution in [1.29, 1.82) is 0 Å². The van der Waals surface area contributed by atoms with Crippen LogP contribution in [0.4, 0.5) is 0 Å². The maximum absolute atomic E-state index is 5.69. The van der Waals surface area contributed by atoms with Crippen LogP contribution in [-0.4, -0.2) is 15.2 Å². The minimum atomic E-state index is 0.607. The van der Waals surface area contributed by atoms with Gasteiger partial charge in [0.25, 0.3) is 0 Å². The number of thioether (sulfide) groups is 1. The van der Waals surface area contributed by atoms with Crippen LogP contribution in [0.3, 0.4) is 0 Å². The normalized spacial score (nSPS) is 17.9. The van der Waals surface area contributed by atoms with Gasteiger partial charge in [-0.2, -0.15) is 0 Å². The van der Waals surface area contributed by atoms with Crippen molar-refractivity contribution in [2.45, 2.75) is 36.1 Å². The molecule has 0 unspecified atom stereocenters. The summed E-state index contributed by atoms with van der Waals surface area (Å²) in [4.78, 5) is 8.32. The summed E-state index contributed by atoms with van der Waals surface area (Å²) in [5, 5.41) is 2.19. The molecule has 1 fully saturated rings. The van der Waals surface area contributed by atoms with E-state index in [2.05, 4.69) is 9.97 Å². The molecule has 1 saturated carbocycles. The fourth-order valence-corrected chi connectivity index (χ4v) is 2.71. The number of hydrogen-bond donors (Lipinski definition) is 0. The zero-order valence-electron chi connectivity index (χ0n) is 7.24. The summed E-state index contributed by atoms with van der Waals surface area (Å²) in [6, 6.07) is 0. The molecule has 1 aliphatic rings. The maximum Gasteiger partial charge on any atom is 0.187 e. The van der Waals surface area contributed by atoms with Gasteiger partial charge in [0.2, 0.25) is 0 Å². The van der Waals surface area contributed by atoms with Crippen molar-refractivity contribution >= 4 is 23.4 Å². The molecule has 4 heteroatoms. The van der Waals surface area contributed by atoms with E-state index < -0.39 is 0 Å². The van der Waals surface area contributed by atoms with Gasteiger partial charge in [0, 0.05) is 5.25 Å². The molecule has 0 saturated heterocycles. The Morgan fingerprint density at radius 3 is 2.46 bits per heavy atom. The van der Waals surface area contributed by atoms with E-state index in [0.29, 0.717) is 5.02 Å². The zero-order chi connectivity index (χ0) is 9.10. The molecule has 0 aromatic carbocycles. The van der Waals surface area contributed by atoms with Gasteiger partial charge in [-0.05, 0) is 12.8 Å². The Bertz CT molecular complexity index is 269. The lowest BCUT2D eigenvalue weighted by atomic mass is 10.4. The van der Waals surface area contributed by atoms with Gasteiger partial charge >= 0.3 is 0 Å². The van der Waals surface area contributed by atoms with E-state index in [1.54, 1.807) is 24.2 Å². The first-order valence-electron chi connectivity index (χ1n) is 4.49. The number of nitrogens with zero attached hydrogens (tertiary/aromatic N) is 2.